The molecule has 1 amide bonds. The molecule has 24 heavy (non-hydrogen) atoms. The maximum absolute atomic E-state index is 12.4. The Morgan fingerprint density at radius 2 is 1.83 bits per heavy atom. The number of aliphatic hydroxyl groups excluding tert-OH is 1. The highest BCUT2D eigenvalue weighted by Gasteiger charge is 2.23. The molecule has 1 aromatic heterocycles. The molecular weight excluding hydrogens is 326 g/mol. The zero-order chi connectivity index (χ0) is 16.9. The predicted octanol–water partition coefficient (Wildman–Crippen LogP) is 2.51. The fraction of sp³-hybridized carbons (Fsp3) is 0.333. The van der Waals surface area contributed by atoms with Crippen molar-refractivity contribution in [3.8, 4) is 0 Å². The highest BCUT2D eigenvalue weighted by atomic mass is 35.5. The Bertz CT molecular complexity index is 670. The van der Waals surface area contributed by atoms with Crippen LogP contribution in [0.25, 0.3) is 0 Å². The monoisotopic (exact) mass is 345 g/mol. The molecule has 0 saturated carbocycles. The largest absolute Gasteiger partial charge is 0.388 e. The summed E-state index contributed by atoms with van der Waals surface area (Å²) in [5.41, 5.74) is 0.708. The third-order valence-corrected chi connectivity index (χ3v) is 4.48. The minimum atomic E-state index is -0.802. The van der Waals surface area contributed by atoms with Crippen molar-refractivity contribution in [1.29, 1.82) is 0 Å². The van der Waals surface area contributed by atoms with Crippen molar-refractivity contribution >= 4 is 23.3 Å². The zero-order valence-electron chi connectivity index (χ0n) is 13.3. The Balaban J connectivity index is 1.52. The van der Waals surface area contributed by atoms with Crippen LogP contribution in [0.5, 0.6) is 0 Å². The Hall–Kier alpha value is -2.11. The summed E-state index contributed by atoms with van der Waals surface area (Å²) in [5.74, 6) is 0.906. The van der Waals surface area contributed by atoms with E-state index < -0.39 is 6.10 Å². The van der Waals surface area contributed by atoms with Gasteiger partial charge in [-0.05, 0) is 29.8 Å². The molecule has 1 aliphatic rings. The van der Waals surface area contributed by atoms with Crippen molar-refractivity contribution in [3.63, 3.8) is 0 Å². The molecule has 1 aromatic carbocycles. The van der Waals surface area contributed by atoms with Crippen molar-refractivity contribution in [2.24, 2.45) is 0 Å². The molecule has 0 aliphatic carbocycles. The fourth-order valence-corrected chi connectivity index (χ4v) is 2.95. The first-order valence-corrected chi connectivity index (χ1v) is 8.38. The van der Waals surface area contributed by atoms with Crippen LogP contribution in [-0.4, -0.2) is 47.1 Å². The van der Waals surface area contributed by atoms with Crippen LogP contribution >= 0.6 is 11.6 Å². The summed E-state index contributed by atoms with van der Waals surface area (Å²) < 4.78 is 0. The molecule has 2 aromatic rings. The van der Waals surface area contributed by atoms with Crippen LogP contribution in [-0.2, 0) is 4.79 Å². The molecule has 126 valence electrons. The van der Waals surface area contributed by atoms with Gasteiger partial charge in [0.2, 0.25) is 5.91 Å². The summed E-state index contributed by atoms with van der Waals surface area (Å²) in [4.78, 5) is 20.7. The standard InChI is InChI=1S/C18H20ClN3O2/c19-15-6-4-14(5-7-15)16(23)13-18(24)22-11-9-21(10-12-22)17-3-1-2-8-20-17/h1-8,16,23H,9-13H2. The van der Waals surface area contributed by atoms with E-state index in [1.54, 1.807) is 35.4 Å². The number of pyridine rings is 1. The Morgan fingerprint density at radius 1 is 1.12 bits per heavy atom. The maximum Gasteiger partial charge on any atom is 0.225 e. The van der Waals surface area contributed by atoms with Gasteiger partial charge in [-0.3, -0.25) is 4.79 Å². The van der Waals surface area contributed by atoms with E-state index >= 15 is 0 Å². The molecule has 1 unspecified atom stereocenters. The topological polar surface area (TPSA) is 56.7 Å². The van der Waals surface area contributed by atoms with E-state index in [1.807, 2.05) is 18.2 Å². The second-order valence-corrected chi connectivity index (χ2v) is 6.26. The van der Waals surface area contributed by atoms with E-state index in [4.69, 9.17) is 11.6 Å². The molecule has 1 N–H and O–H groups in total. The normalized spacial score (nSPS) is 16.1. The van der Waals surface area contributed by atoms with E-state index in [0.29, 0.717) is 23.7 Å². The van der Waals surface area contributed by atoms with Crippen molar-refractivity contribution < 1.29 is 9.90 Å². The van der Waals surface area contributed by atoms with Crippen LogP contribution in [0.4, 0.5) is 5.82 Å². The number of carbonyl (C=O) groups excluding carboxylic acids is 1. The molecule has 1 saturated heterocycles. The van der Waals surface area contributed by atoms with E-state index in [1.165, 1.54) is 0 Å². The molecular formula is C18H20ClN3O2. The number of amides is 1. The molecule has 5 nitrogen and oxygen atoms in total. The van der Waals surface area contributed by atoms with Gasteiger partial charge in [0.15, 0.2) is 0 Å². The van der Waals surface area contributed by atoms with Crippen molar-refractivity contribution in [1.82, 2.24) is 9.88 Å². The second-order valence-electron chi connectivity index (χ2n) is 5.83. The number of hydrogen-bond acceptors (Lipinski definition) is 4. The first kappa shape index (κ1) is 16.7. The lowest BCUT2D eigenvalue weighted by molar-refractivity contribution is -0.133. The van der Waals surface area contributed by atoms with Gasteiger partial charge in [-0.1, -0.05) is 29.8 Å². The van der Waals surface area contributed by atoms with E-state index in [9.17, 15) is 9.90 Å². The molecule has 0 radical (unpaired) electrons. The van der Waals surface area contributed by atoms with Gasteiger partial charge in [-0.2, -0.15) is 0 Å². The maximum atomic E-state index is 12.4. The summed E-state index contributed by atoms with van der Waals surface area (Å²) in [6.45, 7) is 2.78. The number of halogens is 1. The average molecular weight is 346 g/mol. The number of aliphatic hydroxyl groups is 1. The highest BCUT2D eigenvalue weighted by Crippen LogP contribution is 2.21. The van der Waals surface area contributed by atoms with Gasteiger partial charge in [-0.15, -0.1) is 0 Å². The molecule has 0 spiro atoms. The second kappa shape index (κ2) is 7.64. The van der Waals surface area contributed by atoms with Crippen LogP contribution in [0.15, 0.2) is 48.7 Å². The van der Waals surface area contributed by atoms with Crippen molar-refractivity contribution in [2.75, 3.05) is 31.1 Å². The molecule has 1 atom stereocenters. The summed E-state index contributed by atoms with van der Waals surface area (Å²) in [6.07, 6.45) is 1.06. The van der Waals surface area contributed by atoms with Crippen molar-refractivity contribution in [2.45, 2.75) is 12.5 Å². The quantitative estimate of drug-likeness (QED) is 0.925. The summed E-state index contributed by atoms with van der Waals surface area (Å²) in [5, 5.41) is 10.8. The van der Waals surface area contributed by atoms with E-state index in [0.717, 1.165) is 18.9 Å². The number of benzene rings is 1. The molecule has 6 heteroatoms. The van der Waals surface area contributed by atoms with Crippen LogP contribution in [0.1, 0.15) is 18.1 Å². The summed E-state index contributed by atoms with van der Waals surface area (Å²) in [6, 6.07) is 12.8. The van der Waals surface area contributed by atoms with E-state index in [2.05, 4.69) is 9.88 Å². The van der Waals surface area contributed by atoms with Gasteiger partial charge in [0.25, 0.3) is 0 Å². The number of piperazine rings is 1. The lowest BCUT2D eigenvalue weighted by Crippen LogP contribution is -2.49. The number of anilines is 1. The Labute approximate surface area is 146 Å². The molecule has 3 rings (SSSR count). The minimum Gasteiger partial charge on any atom is -0.388 e. The number of carbonyl (C=O) groups is 1. The first-order valence-electron chi connectivity index (χ1n) is 8.01. The molecule has 0 bridgehead atoms. The van der Waals surface area contributed by atoms with Gasteiger partial charge in [-0.25, -0.2) is 4.98 Å². The Kier molecular flexibility index (Phi) is 5.33. The van der Waals surface area contributed by atoms with Crippen LogP contribution in [0.3, 0.4) is 0 Å². The molecule has 1 fully saturated rings. The van der Waals surface area contributed by atoms with Crippen molar-refractivity contribution in [3.05, 3.63) is 59.2 Å². The molecule has 1 aliphatic heterocycles. The third-order valence-electron chi connectivity index (χ3n) is 4.23. The van der Waals surface area contributed by atoms with Gasteiger partial charge in [0.05, 0.1) is 12.5 Å². The number of hydrogen-bond donors (Lipinski definition) is 1. The number of rotatable bonds is 4. The lowest BCUT2D eigenvalue weighted by Gasteiger charge is -2.35. The lowest BCUT2D eigenvalue weighted by atomic mass is 10.1. The first-order chi connectivity index (χ1) is 11.6. The van der Waals surface area contributed by atoms with Gasteiger partial charge in [0, 0.05) is 37.4 Å². The fourth-order valence-electron chi connectivity index (χ4n) is 2.82. The zero-order valence-corrected chi connectivity index (χ0v) is 14.1. The van der Waals surface area contributed by atoms with Crippen LogP contribution in [0, 0.1) is 0 Å². The summed E-state index contributed by atoms with van der Waals surface area (Å²) >= 11 is 5.84. The molecule has 2 heterocycles. The van der Waals surface area contributed by atoms with Gasteiger partial charge >= 0.3 is 0 Å². The smallest absolute Gasteiger partial charge is 0.225 e. The highest BCUT2D eigenvalue weighted by molar-refractivity contribution is 6.30. The summed E-state index contributed by atoms with van der Waals surface area (Å²) in [7, 11) is 0. The van der Waals surface area contributed by atoms with E-state index in [-0.39, 0.29) is 12.3 Å². The van der Waals surface area contributed by atoms with Crippen LogP contribution < -0.4 is 4.90 Å². The minimum absolute atomic E-state index is 0.0295. The van der Waals surface area contributed by atoms with Crippen LogP contribution in [0.2, 0.25) is 5.02 Å². The van der Waals surface area contributed by atoms with Gasteiger partial charge < -0.3 is 14.9 Å². The average Bonchev–Trinajstić information content (AvgIpc) is 2.63. The predicted molar refractivity (Wildman–Crippen MR) is 94.1 cm³/mol. The van der Waals surface area contributed by atoms with Gasteiger partial charge in [0.1, 0.15) is 5.82 Å². The third kappa shape index (κ3) is 4.04. The number of nitrogens with zero attached hydrogens (tertiary/aromatic N) is 3. The SMILES string of the molecule is O=C(CC(O)c1ccc(Cl)cc1)N1CCN(c2ccccn2)CC1. The number of aromatic nitrogens is 1. The Morgan fingerprint density at radius 3 is 2.46 bits per heavy atom.